The normalized spacial score (nSPS) is 21.7. The number of carbonyl (C=O) groups excluding carboxylic acids is 1. The first-order valence-corrected chi connectivity index (χ1v) is 7.53. The molecule has 21 heavy (non-hydrogen) atoms. The summed E-state index contributed by atoms with van der Waals surface area (Å²) in [5.41, 5.74) is 0.321. The number of fused-ring (bicyclic) bond motifs is 1. The zero-order valence-corrected chi connectivity index (χ0v) is 12.9. The molecule has 1 aliphatic heterocycles. The lowest BCUT2D eigenvalue weighted by Gasteiger charge is -2.41. The Balaban J connectivity index is 1.86. The van der Waals surface area contributed by atoms with Crippen molar-refractivity contribution in [1.29, 1.82) is 0 Å². The third kappa shape index (κ3) is 2.92. The maximum atomic E-state index is 12.7. The molecule has 1 saturated heterocycles. The number of halogens is 1. The van der Waals surface area contributed by atoms with Crippen molar-refractivity contribution < 1.29 is 13.9 Å². The van der Waals surface area contributed by atoms with E-state index in [4.69, 9.17) is 20.8 Å². The molecule has 2 heterocycles. The van der Waals surface area contributed by atoms with Gasteiger partial charge in [0.15, 0.2) is 5.76 Å². The lowest BCUT2D eigenvalue weighted by molar-refractivity contribution is -0.117. The largest absolute Gasteiger partial charge is 0.451 e. The molecule has 1 unspecified atom stereocenters. The SMILES string of the molecule is CC1(C)CN(C(=O)c2cc3ccccc3o2)CC(CCl)O1. The number of carbonyl (C=O) groups is 1. The van der Waals surface area contributed by atoms with Crippen LogP contribution in [-0.4, -0.2) is 41.5 Å². The average molecular weight is 308 g/mol. The molecule has 5 heteroatoms. The molecule has 1 aromatic carbocycles. The summed E-state index contributed by atoms with van der Waals surface area (Å²) in [5, 5.41) is 0.933. The summed E-state index contributed by atoms with van der Waals surface area (Å²) in [6, 6.07) is 9.39. The van der Waals surface area contributed by atoms with Crippen LogP contribution in [0.3, 0.4) is 0 Å². The monoisotopic (exact) mass is 307 g/mol. The van der Waals surface area contributed by atoms with E-state index in [0.717, 1.165) is 11.0 Å². The fraction of sp³-hybridized carbons (Fsp3) is 0.438. The first kappa shape index (κ1) is 14.4. The number of ether oxygens (including phenoxy) is 1. The first-order valence-electron chi connectivity index (χ1n) is 7.00. The second-order valence-corrected chi connectivity index (χ2v) is 6.30. The lowest BCUT2D eigenvalue weighted by atomic mass is 10.1. The number of nitrogens with zero attached hydrogens (tertiary/aromatic N) is 1. The van der Waals surface area contributed by atoms with Gasteiger partial charge in [0.05, 0.1) is 17.6 Å². The van der Waals surface area contributed by atoms with Crippen LogP contribution in [0.15, 0.2) is 34.7 Å². The van der Waals surface area contributed by atoms with Crippen LogP contribution in [-0.2, 0) is 4.74 Å². The zero-order valence-electron chi connectivity index (χ0n) is 12.1. The maximum absolute atomic E-state index is 12.7. The van der Waals surface area contributed by atoms with E-state index >= 15 is 0 Å². The Hall–Kier alpha value is -1.52. The molecule has 1 aliphatic rings. The summed E-state index contributed by atoms with van der Waals surface area (Å²) < 4.78 is 11.5. The van der Waals surface area contributed by atoms with Gasteiger partial charge >= 0.3 is 0 Å². The molecule has 1 atom stereocenters. The van der Waals surface area contributed by atoms with E-state index in [2.05, 4.69) is 0 Å². The Labute approximate surface area is 128 Å². The Morgan fingerprint density at radius 3 is 2.90 bits per heavy atom. The van der Waals surface area contributed by atoms with Gasteiger partial charge in [-0.2, -0.15) is 0 Å². The molecule has 1 amide bonds. The first-order chi connectivity index (χ1) is 9.98. The minimum atomic E-state index is -0.403. The smallest absolute Gasteiger partial charge is 0.289 e. The Morgan fingerprint density at radius 2 is 2.19 bits per heavy atom. The highest BCUT2D eigenvalue weighted by Gasteiger charge is 2.36. The van der Waals surface area contributed by atoms with Gasteiger partial charge in [0.1, 0.15) is 5.58 Å². The lowest BCUT2D eigenvalue weighted by Crippen LogP contribution is -2.55. The van der Waals surface area contributed by atoms with Crippen molar-refractivity contribution in [2.75, 3.05) is 19.0 Å². The van der Waals surface area contributed by atoms with Crippen LogP contribution in [0.5, 0.6) is 0 Å². The number of hydrogen-bond donors (Lipinski definition) is 0. The second-order valence-electron chi connectivity index (χ2n) is 5.99. The Kier molecular flexibility index (Phi) is 3.68. The van der Waals surface area contributed by atoms with Crippen molar-refractivity contribution in [2.45, 2.75) is 25.6 Å². The number of benzene rings is 1. The summed E-state index contributed by atoms with van der Waals surface area (Å²) in [5.74, 6) is 0.618. The van der Waals surface area contributed by atoms with Gasteiger partial charge < -0.3 is 14.1 Å². The molecule has 0 spiro atoms. The van der Waals surface area contributed by atoms with Crippen molar-refractivity contribution in [2.24, 2.45) is 0 Å². The van der Waals surface area contributed by atoms with E-state index < -0.39 is 5.60 Å². The fourth-order valence-electron chi connectivity index (χ4n) is 2.77. The molecule has 4 nitrogen and oxygen atoms in total. The van der Waals surface area contributed by atoms with Gasteiger partial charge in [-0.3, -0.25) is 4.79 Å². The molecule has 112 valence electrons. The average Bonchev–Trinajstić information content (AvgIpc) is 2.88. The van der Waals surface area contributed by atoms with Crippen molar-refractivity contribution in [3.05, 3.63) is 36.1 Å². The number of alkyl halides is 1. The molecular weight excluding hydrogens is 290 g/mol. The molecule has 1 aromatic heterocycles. The van der Waals surface area contributed by atoms with Crippen LogP contribution in [0.1, 0.15) is 24.4 Å². The van der Waals surface area contributed by atoms with Gasteiger partial charge in [-0.05, 0) is 26.0 Å². The number of morpholine rings is 1. The molecule has 0 bridgehead atoms. The van der Waals surface area contributed by atoms with E-state index in [9.17, 15) is 4.79 Å². The number of rotatable bonds is 2. The zero-order chi connectivity index (χ0) is 15.0. The summed E-state index contributed by atoms with van der Waals surface area (Å²) in [4.78, 5) is 14.4. The van der Waals surface area contributed by atoms with Crippen LogP contribution >= 0.6 is 11.6 Å². The highest BCUT2D eigenvalue weighted by Crippen LogP contribution is 2.25. The van der Waals surface area contributed by atoms with Gasteiger partial charge in [0, 0.05) is 18.5 Å². The van der Waals surface area contributed by atoms with Crippen LogP contribution in [0.25, 0.3) is 11.0 Å². The number of furan rings is 1. The third-order valence-electron chi connectivity index (χ3n) is 3.58. The van der Waals surface area contributed by atoms with Crippen molar-refractivity contribution in [3.63, 3.8) is 0 Å². The Bertz CT molecular complexity index is 631. The van der Waals surface area contributed by atoms with Gasteiger partial charge in [-0.25, -0.2) is 0 Å². The minimum Gasteiger partial charge on any atom is -0.451 e. The molecule has 2 aromatic rings. The van der Waals surface area contributed by atoms with E-state index in [1.807, 2.05) is 38.1 Å². The summed E-state index contributed by atoms with van der Waals surface area (Å²) in [6.07, 6.45) is -0.149. The van der Waals surface area contributed by atoms with Gasteiger partial charge in [-0.15, -0.1) is 11.6 Å². The van der Waals surface area contributed by atoms with Crippen LogP contribution in [0.4, 0.5) is 0 Å². The molecule has 0 saturated carbocycles. The Morgan fingerprint density at radius 1 is 1.43 bits per heavy atom. The summed E-state index contributed by atoms with van der Waals surface area (Å²) >= 11 is 5.90. The quantitative estimate of drug-likeness (QED) is 0.800. The van der Waals surface area contributed by atoms with E-state index in [1.54, 1.807) is 11.0 Å². The maximum Gasteiger partial charge on any atom is 0.289 e. The topological polar surface area (TPSA) is 42.7 Å². The number of hydrogen-bond acceptors (Lipinski definition) is 3. The van der Waals surface area contributed by atoms with Gasteiger partial charge in [0.25, 0.3) is 5.91 Å². The van der Waals surface area contributed by atoms with Gasteiger partial charge in [-0.1, -0.05) is 18.2 Å². The highest BCUT2D eigenvalue weighted by molar-refractivity contribution is 6.18. The second kappa shape index (κ2) is 5.35. The van der Waals surface area contributed by atoms with E-state index in [1.165, 1.54) is 0 Å². The van der Waals surface area contributed by atoms with E-state index in [0.29, 0.717) is 24.7 Å². The predicted molar refractivity (Wildman–Crippen MR) is 81.8 cm³/mol. The summed E-state index contributed by atoms with van der Waals surface area (Å²) in [7, 11) is 0. The van der Waals surface area contributed by atoms with Crippen molar-refractivity contribution in [3.8, 4) is 0 Å². The highest BCUT2D eigenvalue weighted by atomic mass is 35.5. The fourth-order valence-corrected chi connectivity index (χ4v) is 2.93. The van der Waals surface area contributed by atoms with Gasteiger partial charge in [0.2, 0.25) is 0 Å². The van der Waals surface area contributed by atoms with E-state index in [-0.39, 0.29) is 12.0 Å². The van der Waals surface area contributed by atoms with Crippen molar-refractivity contribution >= 4 is 28.5 Å². The number of amides is 1. The van der Waals surface area contributed by atoms with Crippen molar-refractivity contribution in [1.82, 2.24) is 4.90 Å². The molecule has 0 aliphatic carbocycles. The molecule has 1 fully saturated rings. The van der Waals surface area contributed by atoms with Crippen LogP contribution < -0.4 is 0 Å². The minimum absolute atomic E-state index is 0.113. The standard InChI is InChI=1S/C16H18ClNO3/c1-16(2)10-18(9-12(8-17)21-16)15(19)14-7-11-5-3-4-6-13(11)20-14/h3-7,12H,8-10H2,1-2H3. The van der Waals surface area contributed by atoms with Crippen LogP contribution in [0.2, 0.25) is 0 Å². The molecule has 0 radical (unpaired) electrons. The number of para-hydroxylation sites is 1. The molecule has 3 rings (SSSR count). The molecular formula is C16H18ClNO3. The van der Waals surface area contributed by atoms with Crippen LogP contribution in [0, 0.1) is 0 Å². The predicted octanol–water partition coefficient (Wildman–Crippen LogP) is 3.29. The third-order valence-corrected chi connectivity index (χ3v) is 3.92. The molecule has 0 N–H and O–H groups in total. The summed E-state index contributed by atoms with van der Waals surface area (Å²) in [6.45, 7) is 4.94.